The molecule has 2 aromatic rings. The van der Waals surface area contributed by atoms with Crippen LogP contribution in [0.2, 0.25) is 0 Å². The summed E-state index contributed by atoms with van der Waals surface area (Å²) in [5.74, 6) is -4.89. The number of halogens is 2. The fraction of sp³-hybridized carbons (Fsp3) is 0.263. The average Bonchev–Trinajstić information content (AvgIpc) is 3.50. The van der Waals surface area contributed by atoms with E-state index in [1.165, 1.54) is 0 Å². The van der Waals surface area contributed by atoms with Gasteiger partial charge in [-0.05, 0) is 37.1 Å². The predicted octanol–water partition coefficient (Wildman–Crippen LogP) is 2.86. The van der Waals surface area contributed by atoms with Gasteiger partial charge in [-0.2, -0.15) is 8.78 Å². The van der Waals surface area contributed by atoms with E-state index in [-0.39, 0.29) is 11.6 Å². The molecule has 148 valence electrons. The molecular formula is C19H17F2NO5S. The molecule has 1 N–H and O–H groups in total. The predicted molar refractivity (Wildman–Crippen MR) is 95.4 cm³/mol. The van der Waals surface area contributed by atoms with Crippen molar-refractivity contribution < 1.29 is 31.5 Å². The lowest BCUT2D eigenvalue weighted by Gasteiger charge is -2.18. The molecule has 6 nitrogen and oxygen atoms in total. The van der Waals surface area contributed by atoms with Crippen molar-refractivity contribution in [1.29, 1.82) is 0 Å². The monoisotopic (exact) mass is 409 g/mol. The minimum absolute atomic E-state index is 0.0617. The Morgan fingerprint density at radius 2 is 1.61 bits per heavy atom. The molecule has 1 atom stereocenters. The molecule has 1 fully saturated rings. The van der Waals surface area contributed by atoms with E-state index < -0.39 is 38.5 Å². The van der Waals surface area contributed by atoms with E-state index >= 15 is 0 Å². The first-order valence-electron chi connectivity index (χ1n) is 8.47. The fourth-order valence-electron chi connectivity index (χ4n) is 2.46. The second-order valence-electron chi connectivity index (χ2n) is 6.31. The zero-order valence-corrected chi connectivity index (χ0v) is 15.4. The van der Waals surface area contributed by atoms with E-state index in [0.29, 0.717) is 5.56 Å². The molecular weight excluding hydrogens is 392 g/mol. The zero-order valence-electron chi connectivity index (χ0n) is 14.5. The molecule has 0 heterocycles. The van der Waals surface area contributed by atoms with E-state index in [1.54, 1.807) is 30.3 Å². The average molecular weight is 409 g/mol. The van der Waals surface area contributed by atoms with Crippen LogP contribution in [0.4, 0.5) is 8.78 Å². The maximum absolute atomic E-state index is 12.6. The second kappa shape index (κ2) is 8.05. The topological polar surface area (TPSA) is 89.5 Å². The highest BCUT2D eigenvalue weighted by atomic mass is 32.2. The van der Waals surface area contributed by atoms with Gasteiger partial charge in [0, 0.05) is 11.6 Å². The number of sulfone groups is 1. The number of esters is 1. The Hall–Kier alpha value is -2.81. The van der Waals surface area contributed by atoms with Crippen LogP contribution in [0.15, 0.2) is 59.5 Å². The van der Waals surface area contributed by atoms with Crippen molar-refractivity contribution in [2.75, 3.05) is 0 Å². The molecule has 0 spiro atoms. The smallest absolute Gasteiger partial charge is 0.341 e. The SMILES string of the molecule is O=C(O[C@@H](C(=O)NC1CC1)c1ccccc1)c1ccc(S(=O)(=O)C(F)F)cc1. The molecule has 0 aliphatic heterocycles. The number of nitrogens with one attached hydrogen (secondary N) is 1. The summed E-state index contributed by atoms with van der Waals surface area (Å²) < 4.78 is 53.4. The number of alkyl halides is 2. The van der Waals surface area contributed by atoms with Gasteiger partial charge in [-0.25, -0.2) is 13.2 Å². The van der Waals surface area contributed by atoms with Crippen LogP contribution in [-0.4, -0.2) is 32.1 Å². The van der Waals surface area contributed by atoms with Gasteiger partial charge >= 0.3 is 11.7 Å². The van der Waals surface area contributed by atoms with E-state index in [4.69, 9.17) is 4.74 Å². The second-order valence-corrected chi connectivity index (χ2v) is 8.23. The summed E-state index contributed by atoms with van der Waals surface area (Å²) >= 11 is 0. The van der Waals surface area contributed by atoms with E-state index in [9.17, 15) is 26.8 Å². The first-order valence-corrected chi connectivity index (χ1v) is 10.0. The van der Waals surface area contributed by atoms with Crippen LogP contribution < -0.4 is 5.32 Å². The summed E-state index contributed by atoms with van der Waals surface area (Å²) in [6.45, 7) is 0. The van der Waals surface area contributed by atoms with Gasteiger partial charge in [0.2, 0.25) is 15.9 Å². The molecule has 0 saturated heterocycles. The summed E-state index contributed by atoms with van der Waals surface area (Å²) in [5.41, 5.74) is 0.416. The number of carbonyl (C=O) groups excluding carboxylic acids is 2. The molecule has 0 aromatic heterocycles. The number of rotatable bonds is 7. The van der Waals surface area contributed by atoms with Crippen molar-refractivity contribution in [1.82, 2.24) is 5.32 Å². The Morgan fingerprint density at radius 3 is 2.14 bits per heavy atom. The number of amides is 1. The van der Waals surface area contributed by atoms with Crippen molar-refractivity contribution in [2.24, 2.45) is 0 Å². The summed E-state index contributed by atoms with van der Waals surface area (Å²) in [7, 11) is -4.75. The number of hydrogen-bond acceptors (Lipinski definition) is 5. The molecule has 1 amide bonds. The van der Waals surface area contributed by atoms with Crippen LogP contribution in [0.25, 0.3) is 0 Å². The molecule has 1 aliphatic carbocycles. The maximum Gasteiger partial charge on any atom is 0.341 e. The minimum atomic E-state index is -4.75. The van der Waals surface area contributed by atoms with Crippen LogP contribution in [0.5, 0.6) is 0 Å². The van der Waals surface area contributed by atoms with Crippen molar-refractivity contribution in [3.05, 3.63) is 65.7 Å². The van der Waals surface area contributed by atoms with Crippen LogP contribution in [0, 0.1) is 0 Å². The Labute approximate surface area is 160 Å². The Morgan fingerprint density at radius 1 is 1.00 bits per heavy atom. The van der Waals surface area contributed by atoms with Gasteiger partial charge in [-0.15, -0.1) is 0 Å². The number of carbonyl (C=O) groups is 2. The molecule has 28 heavy (non-hydrogen) atoms. The lowest BCUT2D eigenvalue weighted by atomic mass is 10.1. The van der Waals surface area contributed by atoms with E-state index in [1.807, 2.05) is 0 Å². The molecule has 9 heteroatoms. The first-order chi connectivity index (χ1) is 13.3. The van der Waals surface area contributed by atoms with Gasteiger partial charge in [0.05, 0.1) is 10.5 Å². The first kappa shape index (κ1) is 19.9. The van der Waals surface area contributed by atoms with E-state index in [2.05, 4.69) is 5.32 Å². The van der Waals surface area contributed by atoms with Gasteiger partial charge in [0.25, 0.3) is 5.91 Å². The third-order valence-corrected chi connectivity index (χ3v) is 5.54. The molecule has 1 saturated carbocycles. The highest BCUT2D eigenvalue weighted by molar-refractivity contribution is 7.91. The normalized spacial score (nSPS) is 15.1. The van der Waals surface area contributed by atoms with Crippen LogP contribution in [0.1, 0.15) is 34.9 Å². The zero-order chi connectivity index (χ0) is 20.3. The summed E-state index contributed by atoms with van der Waals surface area (Å²) in [5, 5.41) is 2.77. The minimum Gasteiger partial charge on any atom is -0.444 e. The largest absolute Gasteiger partial charge is 0.444 e. The third-order valence-electron chi connectivity index (χ3n) is 4.14. The summed E-state index contributed by atoms with van der Waals surface area (Å²) in [6.07, 6.45) is 0.543. The van der Waals surface area contributed by atoms with Gasteiger partial charge in [0.1, 0.15) is 0 Å². The van der Waals surface area contributed by atoms with Crippen molar-refractivity contribution in [3.8, 4) is 0 Å². The van der Waals surface area contributed by atoms with Gasteiger partial charge < -0.3 is 10.1 Å². The highest BCUT2D eigenvalue weighted by Gasteiger charge is 2.31. The maximum atomic E-state index is 12.6. The number of ether oxygens (including phenoxy) is 1. The summed E-state index contributed by atoms with van der Waals surface area (Å²) in [4.78, 5) is 24.3. The lowest BCUT2D eigenvalue weighted by molar-refractivity contribution is -0.130. The van der Waals surface area contributed by atoms with E-state index in [0.717, 1.165) is 37.1 Å². The quantitative estimate of drug-likeness (QED) is 0.711. The van der Waals surface area contributed by atoms with Crippen molar-refractivity contribution in [2.45, 2.75) is 35.6 Å². The van der Waals surface area contributed by atoms with Gasteiger partial charge in [0.15, 0.2) is 0 Å². The van der Waals surface area contributed by atoms with Gasteiger partial charge in [-0.1, -0.05) is 30.3 Å². The fourth-order valence-corrected chi connectivity index (χ4v) is 3.19. The number of benzene rings is 2. The molecule has 0 bridgehead atoms. The molecule has 3 rings (SSSR count). The molecule has 0 unspecified atom stereocenters. The summed E-state index contributed by atoms with van der Waals surface area (Å²) in [6, 6.07) is 12.4. The standard InChI is InChI=1S/C19H17F2NO5S/c20-19(21)28(25,26)15-10-6-13(7-11-15)18(24)27-16(12-4-2-1-3-5-12)17(23)22-14-8-9-14/h1-7,10-11,14,16,19H,8-9H2,(H,22,23)/t16-/m1/s1. The Balaban J connectivity index is 1.79. The Bertz CT molecular complexity index is 958. The third kappa shape index (κ3) is 4.53. The number of hydrogen-bond donors (Lipinski definition) is 1. The Kier molecular flexibility index (Phi) is 5.73. The van der Waals surface area contributed by atoms with Crippen LogP contribution in [-0.2, 0) is 19.4 Å². The lowest BCUT2D eigenvalue weighted by Crippen LogP contribution is -2.33. The highest BCUT2D eigenvalue weighted by Crippen LogP contribution is 2.25. The van der Waals surface area contributed by atoms with Crippen LogP contribution in [0.3, 0.4) is 0 Å². The van der Waals surface area contributed by atoms with Crippen molar-refractivity contribution >= 4 is 21.7 Å². The molecule has 1 aliphatic rings. The van der Waals surface area contributed by atoms with Crippen molar-refractivity contribution in [3.63, 3.8) is 0 Å². The molecule has 2 aromatic carbocycles. The van der Waals surface area contributed by atoms with Crippen LogP contribution >= 0.6 is 0 Å². The van der Waals surface area contributed by atoms with Gasteiger partial charge in [-0.3, -0.25) is 4.79 Å². The molecule has 0 radical (unpaired) electrons.